The average molecular weight is 494 g/mol. The molecule has 0 fully saturated rings. The Hall–Kier alpha value is -3.95. The molecule has 4 N–H and O–H groups in total. The van der Waals surface area contributed by atoms with Crippen LogP contribution in [0.15, 0.2) is 45.6 Å². The van der Waals surface area contributed by atoms with E-state index in [4.69, 9.17) is 25.9 Å². The van der Waals surface area contributed by atoms with Crippen molar-refractivity contribution in [1.29, 1.82) is 0 Å². The third-order valence-corrected chi connectivity index (χ3v) is 5.29. The standard InChI is InChI=1S/C26H35N7O3/c1-7-35-25(34)26(5,6)29-14-19(13-27)18-8-9-20-22(12-18)36-11-10-33-15-21(32-24(20)33)23(30-16(2)3)31-17(4)28/h8-9,12-16H,7,10-11,27H2,1-6H3,(H2,28,30,31). The van der Waals surface area contributed by atoms with E-state index < -0.39 is 11.5 Å². The molecule has 10 nitrogen and oxygen atoms in total. The molecule has 0 radical (unpaired) electrons. The summed E-state index contributed by atoms with van der Waals surface area (Å²) in [6.45, 7) is 12.2. The number of aliphatic imine (C=N–C) groups is 3. The van der Waals surface area contributed by atoms with Crippen LogP contribution in [-0.2, 0) is 16.1 Å². The van der Waals surface area contributed by atoms with Gasteiger partial charge in [0.25, 0.3) is 0 Å². The van der Waals surface area contributed by atoms with Gasteiger partial charge in [-0.15, -0.1) is 0 Å². The van der Waals surface area contributed by atoms with Gasteiger partial charge in [-0.3, -0.25) is 9.98 Å². The summed E-state index contributed by atoms with van der Waals surface area (Å²) >= 11 is 0. The molecule has 0 amide bonds. The molecule has 3 rings (SSSR count). The lowest BCUT2D eigenvalue weighted by Gasteiger charge is -2.17. The van der Waals surface area contributed by atoms with Gasteiger partial charge in [0, 0.05) is 30.2 Å². The molecule has 1 aromatic heterocycles. The van der Waals surface area contributed by atoms with E-state index in [1.807, 2.05) is 42.8 Å². The highest BCUT2D eigenvalue weighted by atomic mass is 16.5. The summed E-state index contributed by atoms with van der Waals surface area (Å²) < 4.78 is 13.2. The largest absolute Gasteiger partial charge is 0.491 e. The molecule has 2 heterocycles. The second kappa shape index (κ2) is 11.2. The lowest BCUT2D eigenvalue weighted by molar-refractivity contribution is -0.148. The maximum atomic E-state index is 12.2. The Balaban J connectivity index is 1.98. The molecule has 0 spiro atoms. The highest BCUT2D eigenvalue weighted by Gasteiger charge is 2.28. The fraction of sp³-hybridized carbons (Fsp3) is 0.423. The van der Waals surface area contributed by atoms with Crippen LogP contribution >= 0.6 is 0 Å². The first-order valence-corrected chi connectivity index (χ1v) is 11.9. The number of allylic oxidation sites excluding steroid dienone is 1. The number of nitrogens with two attached hydrogens (primary N) is 2. The second-order valence-corrected chi connectivity index (χ2v) is 9.16. The van der Waals surface area contributed by atoms with E-state index in [1.54, 1.807) is 33.9 Å². The number of imidazole rings is 1. The van der Waals surface area contributed by atoms with E-state index in [0.29, 0.717) is 48.4 Å². The van der Waals surface area contributed by atoms with Gasteiger partial charge in [-0.1, -0.05) is 6.07 Å². The van der Waals surface area contributed by atoms with Crippen LogP contribution in [0.25, 0.3) is 17.0 Å². The van der Waals surface area contributed by atoms with Crippen molar-refractivity contribution in [3.05, 3.63) is 41.9 Å². The Morgan fingerprint density at radius 3 is 2.75 bits per heavy atom. The number of aromatic nitrogens is 2. The zero-order chi connectivity index (χ0) is 26.5. The maximum absolute atomic E-state index is 12.2. The zero-order valence-corrected chi connectivity index (χ0v) is 21.8. The van der Waals surface area contributed by atoms with Crippen molar-refractivity contribution in [2.24, 2.45) is 26.4 Å². The first-order valence-electron chi connectivity index (χ1n) is 11.9. The van der Waals surface area contributed by atoms with E-state index in [-0.39, 0.29) is 6.04 Å². The molecule has 0 unspecified atom stereocenters. The van der Waals surface area contributed by atoms with E-state index in [9.17, 15) is 4.79 Å². The third-order valence-electron chi connectivity index (χ3n) is 5.29. The quantitative estimate of drug-likeness (QED) is 0.344. The summed E-state index contributed by atoms with van der Waals surface area (Å²) in [6.07, 6.45) is 4.95. The van der Waals surface area contributed by atoms with Crippen molar-refractivity contribution in [3.8, 4) is 17.1 Å². The predicted octanol–water partition coefficient (Wildman–Crippen LogP) is 3.19. The molecule has 0 saturated carbocycles. The van der Waals surface area contributed by atoms with Crippen LogP contribution in [0.2, 0.25) is 0 Å². The first-order chi connectivity index (χ1) is 17.1. The summed E-state index contributed by atoms with van der Waals surface area (Å²) in [6, 6.07) is 5.79. The number of nitrogens with zero attached hydrogens (tertiary/aromatic N) is 5. The Labute approximate surface area is 211 Å². The molecule has 0 bridgehead atoms. The Morgan fingerprint density at radius 1 is 1.36 bits per heavy atom. The number of carbonyl (C=O) groups is 1. The molecule has 0 atom stereocenters. The van der Waals surface area contributed by atoms with Gasteiger partial charge < -0.3 is 25.5 Å². The minimum Gasteiger partial charge on any atom is -0.491 e. The molecule has 192 valence electrons. The highest BCUT2D eigenvalue weighted by Crippen LogP contribution is 2.34. The van der Waals surface area contributed by atoms with Gasteiger partial charge in [0.1, 0.15) is 23.9 Å². The van der Waals surface area contributed by atoms with Gasteiger partial charge in [0.2, 0.25) is 0 Å². The molecule has 10 heteroatoms. The number of amidine groups is 2. The monoisotopic (exact) mass is 493 g/mol. The van der Waals surface area contributed by atoms with Crippen LogP contribution in [0.5, 0.6) is 5.75 Å². The lowest BCUT2D eigenvalue weighted by atomic mass is 10.0. The minimum atomic E-state index is -1.03. The second-order valence-electron chi connectivity index (χ2n) is 9.16. The molecule has 0 aliphatic carbocycles. The van der Waals surface area contributed by atoms with E-state index in [0.717, 1.165) is 17.0 Å². The minimum absolute atomic E-state index is 0.0414. The van der Waals surface area contributed by atoms with E-state index in [1.165, 1.54) is 6.20 Å². The number of ether oxygens (including phenoxy) is 2. The van der Waals surface area contributed by atoms with Crippen molar-refractivity contribution < 1.29 is 14.3 Å². The van der Waals surface area contributed by atoms with Crippen LogP contribution in [0.3, 0.4) is 0 Å². The Bertz CT molecular complexity index is 1230. The zero-order valence-electron chi connectivity index (χ0n) is 21.8. The number of carbonyl (C=O) groups excluding carboxylic acids is 1. The van der Waals surface area contributed by atoms with Crippen LogP contribution in [0.1, 0.15) is 52.8 Å². The number of hydrogen-bond donors (Lipinski definition) is 2. The SMILES string of the molecule is CCOC(=O)C(C)(C)N=CC(=CN)c1ccc2c(c1)OCCn1cc(C(N=C(C)N)=NC(C)C)nc1-2. The third kappa shape index (κ3) is 6.18. The van der Waals surface area contributed by atoms with Crippen LogP contribution in [0, 0.1) is 0 Å². The lowest BCUT2D eigenvalue weighted by Crippen LogP contribution is -2.31. The molecule has 2 aromatic rings. The predicted molar refractivity (Wildman–Crippen MR) is 143 cm³/mol. The van der Waals surface area contributed by atoms with Gasteiger partial charge in [-0.2, -0.15) is 0 Å². The Morgan fingerprint density at radius 2 is 2.11 bits per heavy atom. The summed E-state index contributed by atoms with van der Waals surface area (Å²) in [5.41, 5.74) is 13.6. The van der Waals surface area contributed by atoms with Crippen molar-refractivity contribution in [1.82, 2.24) is 9.55 Å². The number of esters is 1. The van der Waals surface area contributed by atoms with Crippen LogP contribution < -0.4 is 16.2 Å². The van der Waals surface area contributed by atoms with Gasteiger partial charge in [0.05, 0.1) is 24.6 Å². The number of fused-ring (bicyclic) bond motifs is 3. The Kier molecular flexibility index (Phi) is 8.29. The number of rotatable bonds is 7. The summed E-state index contributed by atoms with van der Waals surface area (Å²) in [4.78, 5) is 30.4. The molecule has 1 aromatic carbocycles. The van der Waals surface area contributed by atoms with E-state index in [2.05, 4.69) is 15.0 Å². The normalized spacial score (nSPS) is 14.9. The van der Waals surface area contributed by atoms with Crippen molar-refractivity contribution in [2.45, 2.75) is 59.7 Å². The molecule has 0 saturated heterocycles. The highest BCUT2D eigenvalue weighted by molar-refractivity contribution is 6.10. The number of hydrogen-bond acceptors (Lipinski definition) is 7. The van der Waals surface area contributed by atoms with Crippen LogP contribution in [0.4, 0.5) is 0 Å². The molecule has 36 heavy (non-hydrogen) atoms. The van der Waals surface area contributed by atoms with Gasteiger partial charge in [-0.05, 0) is 59.2 Å². The van der Waals surface area contributed by atoms with Gasteiger partial charge in [-0.25, -0.2) is 14.8 Å². The summed E-state index contributed by atoms with van der Waals surface area (Å²) in [5.74, 6) is 1.93. The summed E-state index contributed by atoms with van der Waals surface area (Å²) in [7, 11) is 0. The van der Waals surface area contributed by atoms with Crippen molar-refractivity contribution in [2.75, 3.05) is 13.2 Å². The summed E-state index contributed by atoms with van der Waals surface area (Å²) in [5, 5.41) is 0. The average Bonchev–Trinajstić information content (AvgIpc) is 3.15. The molecule has 1 aliphatic rings. The number of benzene rings is 1. The maximum Gasteiger partial charge on any atom is 0.333 e. The van der Waals surface area contributed by atoms with E-state index >= 15 is 0 Å². The van der Waals surface area contributed by atoms with Crippen molar-refractivity contribution >= 4 is 29.4 Å². The van der Waals surface area contributed by atoms with Gasteiger partial charge >= 0.3 is 5.97 Å². The smallest absolute Gasteiger partial charge is 0.333 e. The fourth-order valence-electron chi connectivity index (χ4n) is 3.54. The molecular weight excluding hydrogens is 458 g/mol. The van der Waals surface area contributed by atoms with Crippen molar-refractivity contribution in [3.63, 3.8) is 0 Å². The molecule has 1 aliphatic heterocycles. The van der Waals surface area contributed by atoms with Crippen LogP contribution in [-0.4, -0.2) is 58.2 Å². The topological polar surface area (TPSA) is 142 Å². The first kappa shape index (κ1) is 26.7. The van der Waals surface area contributed by atoms with Gasteiger partial charge in [0.15, 0.2) is 11.4 Å². The molecular formula is C26H35N7O3. The fourth-order valence-corrected chi connectivity index (χ4v) is 3.54.